The summed E-state index contributed by atoms with van der Waals surface area (Å²) in [5, 5.41) is 4.34. The van der Waals surface area contributed by atoms with Crippen molar-refractivity contribution in [1.29, 1.82) is 0 Å². The van der Waals surface area contributed by atoms with Crippen molar-refractivity contribution in [3.63, 3.8) is 0 Å². The zero-order valence-corrected chi connectivity index (χ0v) is 14.3. The van der Waals surface area contributed by atoms with Gasteiger partial charge in [-0.25, -0.2) is 0 Å². The van der Waals surface area contributed by atoms with Crippen LogP contribution in [0, 0.1) is 13.8 Å². The Bertz CT molecular complexity index is 560. The van der Waals surface area contributed by atoms with Crippen molar-refractivity contribution in [2.45, 2.75) is 53.3 Å². The summed E-state index contributed by atoms with van der Waals surface area (Å²) in [7, 11) is -1.76. The van der Waals surface area contributed by atoms with Gasteiger partial charge >= 0.3 is 0 Å². The molecule has 0 heterocycles. The molecule has 2 aromatic carbocycles. The molecule has 2 aromatic rings. The number of hydrogen-bond donors (Lipinski definition) is 0. The van der Waals surface area contributed by atoms with Gasteiger partial charge in [0.25, 0.3) is 0 Å². The predicted octanol–water partition coefficient (Wildman–Crippen LogP) is 4.76. The number of aryl methyl sites for hydroxylation is 2. The van der Waals surface area contributed by atoms with Gasteiger partial charge in [0.05, 0.1) is 0 Å². The summed E-state index contributed by atoms with van der Waals surface area (Å²) in [5.74, 6) is 0. The standard InChI is InChI=1S/C17H25NSi/c1-12-14-10-8-9-11-15(14)13(2)16(12)19(6,7)18-17(3,4)5/h8-11H,1-7H3/q-2. The predicted molar refractivity (Wildman–Crippen MR) is 89.2 cm³/mol. The Morgan fingerprint density at radius 1 is 1.11 bits per heavy atom. The highest BCUT2D eigenvalue weighted by Gasteiger charge is 2.18. The van der Waals surface area contributed by atoms with Crippen LogP contribution in [0.15, 0.2) is 24.3 Å². The quantitative estimate of drug-likeness (QED) is 0.552. The Balaban J connectivity index is 2.62. The molecule has 0 amide bonds. The van der Waals surface area contributed by atoms with E-state index < -0.39 is 8.24 Å². The molecule has 0 aliphatic rings. The number of hydrogen-bond acceptors (Lipinski definition) is 0. The molecule has 0 aliphatic carbocycles. The molecule has 0 N–H and O–H groups in total. The molecule has 104 valence electrons. The van der Waals surface area contributed by atoms with Gasteiger partial charge in [0.2, 0.25) is 0 Å². The minimum atomic E-state index is -1.76. The molecule has 0 saturated heterocycles. The van der Waals surface area contributed by atoms with Gasteiger partial charge in [-0.05, 0) is 0 Å². The zero-order chi connectivity index (χ0) is 14.4. The molecule has 0 radical (unpaired) electrons. The van der Waals surface area contributed by atoms with E-state index in [1.54, 1.807) is 0 Å². The van der Waals surface area contributed by atoms with Gasteiger partial charge in [-0.15, -0.1) is 40.1 Å². The second-order valence-electron chi connectivity index (χ2n) is 7.01. The van der Waals surface area contributed by atoms with E-state index >= 15 is 0 Å². The Kier molecular flexibility index (Phi) is 3.44. The lowest BCUT2D eigenvalue weighted by atomic mass is 10.1. The van der Waals surface area contributed by atoms with Crippen LogP contribution >= 0.6 is 0 Å². The van der Waals surface area contributed by atoms with Crippen molar-refractivity contribution in [1.82, 2.24) is 0 Å². The van der Waals surface area contributed by atoms with E-state index in [0.29, 0.717) is 0 Å². The fraction of sp³-hybridized carbons (Fsp3) is 0.471. The minimum absolute atomic E-state index is 0.0397. The van der Waals surface area contributed by atoms with Gasteiger partial charge in [0, 0.05) is 0 Å². The molecule has 2 rings (SSSR count). The van der Waals surface area contributed by atoms with E-state index in [4.69, 9.17) is 4.98 Å². The highest BCUT2D eigenvalue weighted by molar-refractivity contribution is 6.94. The third-order valence-corrected chi connectivity index (χ3v) is 6.92. The first kappa shape index (κ1) is 14.4. The fourth-order valence-corrected chi connectivity index (χ4v) is 7.39. The van der Waals surface area contributed by atoms with Gasteiger partial charge in [-0.1, -0.05) is 62.0 Å². The van der Waals surface area contributed by atoms with Crippen LogP contribution in [0.1, 0.15) is 31.9 Å². The van der Waals surface area contributed by atoms with E-state index in [1.165, 1.54) is 27.1 Å². The second-order valence-corrected chi connectivity index (χ2v) is 10.9. The summed E-state index contributed by atoms with van der Waals surface area (Å²) >= 11 is 0. The van der Waals surface area contributed by atoms with E-state index in [2.05, 4.69) is 72.0 Å². The van der Waals surface area contributed by atoms with Crippen LogP contribution in [0.4, 0.5) is 0 Å². The van der Waals surface area contributed by atoms with Crippen LogP contribution in [-0.4, -0.2) is 13.8 Å². The summed E-state index contributed by atoms with van der Waals surface area (Å²) in [4.78, 5) is 5.17. The summed E-state index contributed by atoms with van der Waals surface area (Å²) in [6.07, 6.45) is 0. The topological polar surface area (TPSA) is 14.1 Å². The molecule has 0 fully saturated rings. The lowest BCUT2D eigenvalue weighted by Crippen LogP contribution is -2.46. The Hall–Kier alpha value is -0.993. The van der Waals surface area contributed by atoms with Gasteiger partial charge < -0.3 is 4.98 Å². The van der Waals surface area contributed by atoms with E-state index in [0.717, 1.165) is 0 Å². The van der Waals surface area contributed by atoms with Crippen molar-refractivity contribution in [2.24, 2.45) is 0 Å². The number of nitrogens with zero attached hydrogens (tertiary/aromatic N) is 1. The van der Waals surface area contributed by atoms with E-state index in [9.17, 15) is 0 Å². The Morgan fingerprint density at radius 2 is 1.68 bits per heavy atom. The summed E-state index contributed by atoms with van der Waals surface area (Å²) < 4.78 is 0. The second kappa shape index (κ2) is 4.53. The molecular weight excluding hydrogens is 246 g/mol. The number of fused-ring (bicyclic) bond motifs is 1. The summed E-state index contributed by atoms with van der Waals surface area (Å²) in [5.41, 5.74) is 2.92. The third kappa shape index (κ3) is 2.65. The molecule has 0 aliphatic heterocycles. The van der Waals surface area contributed by atoms with Crippen LogP contribution in [0.3, 0.4) is 0 Å². The van der Waals surface area contributed by atoms with Gasteiger partial charge in [-0.3, -0.25) is 0 Å². The highest BCUT2D eigenvalue weighted by atomic mass is 28.3. The lowest BCUT2D eigenvalue weighted by molar-refractivity contribution is 0.677. The first-order valence-electron chi connectivity index (χ1n) is 7.02. The summed E-state index contributed by atoms with van der Waals surface area (Å²) in [6, 6.07) is 8.74. The molecule has 0 unspecified atom stereocenters. The van der Waals surface area contributed by atoms with Crippen LogP contribution < -0.4 is 5.19 Å². The maximum Gasteiger partial charge on any atom is -0.0529 e. The lowest BCUT2D eigenvalue weighted by Gasteiger charge is -2.51. The van der Waals surface area contributed by atoms with Crippen LogP contribution in [-0.2, 0) is 0 Å². The van der Waals surface area contributed by atoms with Crippen molar-refractivity contribution < 1.29 is 0 Å². The van der Waals surface area contributed by atoms with E-state index in [-0.39, 0.29) is 5.54 Å². The van der Waals surface area contributed by atoms with E-state index in [1.807, 2.05) is 0 Å². The largest absolute Gasteiger partial charge is 0.657 e. The molecule has 0 atom stereocenters. The molecule has 0 aromatic heterocycles. The van der Waals surface area contributed by atoms with Crippen molar-refractivity contribution in [2.75, 3.05) is 0 Å². The van der Waals surface area contributed by atoms with Gasteiger partial charge in [-0.2, -0.15) is 10.8 Å². The highest BCUT2D eigenvalue weighted by Crippen LogP contribution is 2.31. The fourth-order valence-electron chi connectivity index (χ4n) is 3.50. The van der Waals surface area contributed by atoms with Crippen LogP contribution in [0.5, 0.6) is 0 Å². The molecule has 0 saturated carbocycles. The molecule has 19 heavy (non-hydrogen) atoms. The Labute approximate surface area is 118 Å². The maximum absolute atomic E-state index is 5.17. The van der Waals surface area contributed by atoms with Crippen LogP contribution in [0.2, 0.25) is 13.1 Å². The molecule has 0 bridgehead atoms. The first-order chi connectivity index (χ1) is 8.63. The maximum atomic E-state index is 5.17. The first-order valence-corrected chi connectivity index (χ1v) is 9.97. The SMILES string of the molecule is Cc1c([Si](C)(C)[N-]C(C)(C)C)[c-](C)c2ccccc12. The molecular formula is C17H25NSi-2. The minimum Gasteiger partial charge on any atom is -0.657 e. The molecule has 0 spiro atoms. The third-order valence-electron chi connectivity index (χ3n) is 3.71. The average molecular weight is 271 g/mol. The van der Waals surface area contributed by atoms with Crippen molar-refractivity contribution >= 4 is 24.2 Å². The molecule has 2 heteroatoms. The number of rotatable bonds is 2. The summed E-state index contributed by atoms with van der Waals surface area (Å²) in [6.45, 7) is 15.9. The zero-order valence-electron chi connectivity index (χ0n) is 13.3. The van der Waals surface area contributed by atoms with Crippen LogP contribution in [0.25, 0.3) is 15.8 Å². The molecule has 1 nitrogen and oxygen atoms in total. The van der Waals surface area contributed by atoms with Crippen molar-refractivity contribution in [3.8, 4) is 0 Å². The monoisotopic (exact) mass is 271 g/mol. The smallest absolute Gasteiger partial charge is 0.0529 e. The van der Waals surface area contributed by atoms with Gasteiger partial charge in [0.1, 0.15) is 0 Å². The van der Waals surface area contributed by atoms with Crippen molar-refractivity contribution in [3.05, 3.63) is 40.4 Å². The number of benzene rings is 1. The average Bonchev–Trinajstić information content (AvgIpc) is 2.49. The van der Waals surface area contributed by atoms with Gasteiger partial charge in [0.15, 0.2) is 0 Å². The normalized spacial score (nSPS) is 13.2. The Morgan fingerprint density at radius 3 is 2.21 bits per heavy atom.